The zero-order chi connectivity index (χ0) is 17.3. The van der Waals surface area contributed by atoms with Gasteiger partial charge in [-0.15, -0.1) is 0 Å². The molecule has 0 unspecified atom stereocenters. The Balaban J connectivity index is 2.29. The summed E-state index contributed by atoms with van der Waals surface area (Å²) < 4.78 is 5.52. The van der Waals surface area contributed by atoms with Gasteiger partial charge in [-0.1, -0.05) is 38.4 Å². The van der Waals surface area contributed by atoms with Crippen LogP contribution in [0.5, 0.6) is 5.75 Å². The molecular formula is C17H27ClN2O3. The van der Waals surface area contributed by atoms with Crippen molar-refractivity contribution in [2.75, 3.05) is 39.4 Å². The van der Waals surface area contributed by atoms with Gasteiger partial charge in [0.1, 0.15) is 12.4 Å². The number of amides is 1. The van der Waals surface area contributed by atoms with Crippen molar-refractivity contribution in [2.45, 2.75) is 20.8 Å². The van der Waals surface area contributed by atoms with E-state index in [0.717, 1.165) is 6.54 Å². The van der Waals surface area contributed by atoms with Crippen LogP contribution in [0, 0.1) is 5.41 Å². The first kappa shape index (κ1) is 19.7. The van der Waals surface area contributed by atoms with E-state index in [9.17, 15) is 4.79 Å². The second-order valence-electron chi connectivity index (χ2n) is 6.65. The van der Waals surface area contributed by atoms with Gasteiger partial charge < -0.3 is 15.2 Å². The van der Waals surface area contributed by atoms with Crippen molar-refractivity contribution < 1.29 is 14.6 Å². The summed E-state index contributed by atoms with van der Waals surface area (Å²) in [7, 11) is 0. The van der Waals surface area contributed by atoms with Crippen LogP contribution in [0.4, 0.5) is 0 Å². The minimum absolute atomic E-state index is 0.0429. The number of nitrogens with zero attached hydrogens (tertiary/aromatic N) is 1. The Labute approximate surface area is 143 Å². The Morgan fingerprint density at radius 2 is 2.13 bits per heavy atom. The summed E-state index contributed by atoms with van der Waals surface area (Å²) in [4.78, 5) is 13.9. The molecule has 0 bridgehead atoms. The molecule has 5 nitrogen and oxygen atoms in total. The van der Waals surface area contributed by atoms with Crippen molar-refractivity contribution in [1.82, 2.24) is 10.2 Å². The number of carbonyl (C=O) groups is 1. The minimum Gasteiger partial charge on any atom is -0.492 e. The zero-order valence-electron chi connectivity index (χ0n) is 14.1. The third-order valence-corrected chi connectivity index (χ3v) is 3.21. The fourth-order valence-corrected chi connectivity index (χ4v) is 2.38. The van der Waals surface area contributed by atoms with Crippen molar-refractivity contribution in [3.63, 3.8) is 0 Å². The van der Waals surface area contributed by atoms with Gasteiger partial charge >= 0.3 is 0 Å². The number of aliphatic hydroxyl groups excluding tert-OH is 1. The van der Waals surface area contributed by atoms with Gasteiger partial charge in [0.2, 0.25) is 5.91 Å². The number of ether oxygens (including phenoxy) is 1. The molecule has 0 saturated carbocycles. The van der Waals surface area contributed by atoms with E-state index in [4.69, 9.17) is 21.4 Å². The van der Waals surface area contributed by atoms with Crippen molar-refractivity contribution in [3.8, 4) is 5.75 Å². The summed E-state index contributed by atoms with van der Waals surface area (Å²) >= 11 is 5.87. The molecule has 0 aromatic heterocycles. The van der Waals surface area contributed by atoms with Crippen molar-refractivity contribution >= 4 is 17.5 Å². The predicted octanol–water partition coefficient (Wildman–Crippen LogP) is 2.18. The first-order valence-electron chi connectivity index (χ1n) is 7.78. The molecule has 1 amide bonds. The first-order valence-corrected chi connectivity index (χ1v) is 8.16. The number of rotatable bonds is 9. The van der Waals surface area contributed by atoms with E-state index in [1.807, 2.05) is 17.0 Å². The average molecular weight is 343 g/mol. The molecule has 2 N–H and O–H groups in total. The van der Waals surface area contributed by atoms with Gasteiger partial charge in [-0.25, -0.2) is 0 Å². The van der Waals surface area contributed by atoms with Crippen LogP contribution in [-0.4, -0.2) is 55.3 Å². The summed E-state index contributed by atoms with van der Waals surface area (Å²) in [5.74, 6) is 0.610. The summed E-state index contributed by atoms with van der Waals surface area (Å²) in [6.07, 6.45) is 0. The molecule has 1 rings (SSSR count). The molecule has 0 radical (unpaired) electrons. The van der Waals surface area contributed by atoms with Gasteiger partial charge in [-0.2, -0.15) is 0 Å². The molecular weight excluding hydrogens is 316 g/mol. The summed E-state index contributed by atoms with van der Waals surface area (Å²) in [5, 5.41) is 12.5. The molecule has 0 aliphatic heterocycles. The van der Waals surface area contributed by atoms with E-state index in [2.05, 4.69) is 26.1 Å². The fraction of sp³-hybridized carbons (Fsp3) is 0.588. The van der Waals surface area contributed by atoms with Crippen molar-refractivity contribution in [2.24, 2.45) is 5.41 Å². The molecule has 0 heterocycles. The summed E-state index contributed by atoms with van der Waals surface area (Å²) in [6, 6.07) is 7.15. The lowest BCUT2D eigenvalue weighted by Crippen LogP contribution is -2.43. The number of halogens is 1. The lowest BCUT2D eigenvalue weighted by Gasteiger charge is -2.28. The quantitative estimate of drug-likeness (QED) is 0.675. The number of carbonyl (C=O) groups excluding carboxylic acids is 1. The van der Waals surface area contributed by atoms with E-state index < -0.39 is 0 Å². The maximum atomic E-state index is 12.0. The molecule has 0 atom stereocenters. The van der Waals surface area contributed by atoms with E-state index in [-0.39, 0.29) is 24.5 Å². The molecule has 6 heteroatoms. The Kier molecular flexibility index (Phi) is 8.37. The van der Waals surface area contributed by atoms with E-state index in [0.29, 0.717) is 30.5 Å². The molecule has 23 heavy (non-hydrogen) atoms. The van der Waals surface area contributed by atoms with Crippen LogP contribution in [0.25, 0.3) is 0 Å². The van der Waals surface area contributed by atoms with Crippen molar-refractivity contribution in [1.29, 1.82) is 0 Å². The molecule has 0 aliphatic carbocycles. The number of nitrogens with one attached hydrogen (secondary N) is 1. The average Bonchev–Trinajstić information content (AvgIpc) is 2.42. The number of hydrogen-bond donors (Lipinski definition) is 2. The second kappa shape index (κ2) is 9.75. The molecule has 0 aliphatic rings. The number of benzene rings is 1. The third-order valence-electron chi connectivity index (χ3n) is 2.97. The normalized spacial score (nSPS) is 11.6. The summed E-state index contributed by atoms with van der Waals surface area (Å²) in [6.45, 7) is 8.68. The van der Waals surface area contributed by atoms with Crippen LogP contribution in [-0.2, 0) is 4.79 Å². The van der Waals surface area contributed by atoms with Gasteiger partial charge in [0, 0.05) is 18.1 Å². The maximum Gasteiger partial charge on any atom is 0.234 e. The minimum atomic E-state index is -0.0719. The van der Waals surface area contributed by atoms with Crippen LogP contribution in [0.1, 0.15) is 20.8 Å². The predicted molar refractivity (Wildman–Crippen MR) is 92.9 cm³/mol. The molecule has 130 valence electrons. The first-order chi connectivity index (χ1) is 10.8. The maximum absolute atomic E-state index is 12.0. The van der Waals surface area contributed by atoms with Crippen LogP contribution < -0.4 is 10.1 Å². The standard InChI is InChI=1S/C17H27ClN2O3/c1-17(2,3)13-20(8-9-21)12-16(22)19-7-10-23-15-6-4-5-14(18)11-15/h4-6,11,21H,7-10,12-13H2,1-3H3,(H,19,22). The lowest BCUT2D eigenvalue weighted by molar-refractivity contribution is -0.122. The van der Waals surface area contributed by atoms with E-state index in [1.54, 1.807) is 12.1 Å². The van der Waals surface area contributed by atoms with Crippen molar-refractivity contribution in [3.05, 3.63) is 29.3 Å². The third kappa shape index (κ3) is 9.43. The smallest absolute Gasteiger partial charge is 0.234 e. The molecule has 0 fully saturated rings. The molecule has 1 aromatic rings. The molecule has 0 spiro atoms. The zero-order valence-corrected chi connectivity index (χ0v) is 14.9. The topological polar surface area (TPSA) is 61.8 Å². The monoisotopic (exact) mass is 342 g/mol. The van der Waals surface area contributed by atoms with Crippen LogP contribution >= 0.6 is 11.6 Å². The van der Waals surface area contributed by atoms with Gasteiger partial charge in [-0.3, -0.25) is 9.69 Å². The van der Waals surface area contributed by atoms with Crippen LogP contribution in [0.2, 0.25) is 5.02 Å². The SMILES string of the molecule is CC(C)(C)CN(CCO)CC(=O)NCCOc1cccc(Cl)c1. The highest BCUT2D eigenvalue weighted by molar-refractivity contribution is 6.30. The molecule has 0 saturated heterocycles. The second-order valence-corrected chi connectivity index (χ2v) is 7.09. The van der Waals surface area contributed by atoms with Gasteiger partial charge in [0.25, 0.3) is 0 Å². The number of hydrogen-bond acceptors (Lipinski definition) is 4. The van der Waals surface area contributed by atoms with E-state index in [1.165, 1.54) is 0 Å². The van der Waals surface area contributed by atoms with E-state index >= 15 is 0 Å². The largest absolute Gasteiger partial charge is 0.492 e. The van der Waals surface area contributed by atoms with Gasteiger partial charge in [0.15, 0.2) is 0 Å². The Morgan fingerprint density at radius 3 is 2.74 bits per heavy atom. The highest BCUT2D eigenvalue weighted by atomic mass is 35.5. The Bertz CT molecular complexity index is 489. The lowest BCUT2D eigenvalue weighted by atomic mass is 9.96. The highest BCUT2D eigenvalue weighted by Gasteiger charge is 2.18. The van der Waals surface area contributed by atoms with Crippen LogP contribution in [0.15, 0.2) is 24.3 Å². The Morgan fingerprint density at radius 1 is 1.39 bits per heavy atom. The summed E-state index contributed by atoms with van der Waals surface area (Å²) in [5.41, 5.74) is 0.0745. The highest BCUT2D eigenvalue weighted by Crippen LogP contribution is 2.17. The Hall–Kier alpha value is -1.30. The van der Waals surface area contributed by atoms with Gasteiger partial charge in [-0.05, 0) is 23.6 Å². The fourth-order valence-electron chi connectivity index (χ4n) is 2.20. The van der Waals surface area contributed by atoms with Gasteiger partial charge in [0.05, 0.1) is 19.7 Å². The number of aliphatic hydroxyl groups is 1. The van der Waals surface area contributed by atoms with Crippen LogP contribution in [0.3, 0.4) is 0 Å². The molecule has 1 aromatic carbocycles.